The molecule has 0 radical (unpaired) electrons. The highest BCUT2D eigenvalue weighted by Crippen LogP contribution is 2.27. The lowest BCUT2D eigenvalue weighted by Crippen LogP contribution is -2.40. The van der Waals surface area contributed by atoms with Crippen LogP contribution in [0.5, 0.6) is 0 Å². The van der Waals surface area contributed by atoms with E-state index in [-0.39, 0.29) is 6.04 Å². The molecule has 2 aromatic carbocycles. The van der Waals surface area contributed by atoms with Crippen LogP contribution in [-0.4, -0.2) is 53.5 Å². The summed E-state index contributed by atoms with van der Waals surface area (Å²) in [6.07, 6.45) is 5.49. The van der Waals surface area contributed by atoms with Crippen LogP contribution in [0.1, 0.15) is 37.9 Å². The topological polar surface area (TPSA) is 123 Å². The molecule has 4 N–H and O–H groups in total. The molecule has 10 nitrogen and oxygen atoms in total. The number of aromatic nitrogens is 6. The minimum absolute atomic E-state index is 0.216. The van der Waals surface area contributed by atoms with Crippen LogP contribution in [0.3, 0.4) is 0 Å². The fourth-order valence-corrected chi connectivity index (χ4v) is 4.88. The normalized spacial score (nSPS) is 14.7. The fourth-order valence-electron chi connectivity index (χ4n) is 4.88. The molecule has 3 aromatic heterocycles. The van der Waals surface area contributed by atoms with E-state index in [1.165, 1.54) is 0 Å². The lowest BCUT2D eigenvalue weighted by atomic mass is 10.1. The van der Waals surface area contributed by atoms with Crippen molar-refractivity contribution in [2.45, 2.75) is 44.9 Å². The van der Waals surface area contributed by atoms with Crippen LogP contribution in [0, 0.1) is 0 Å². The van der Waals surface area contributed by atoms with Crippen molar-refractivity contribution in [3.05, 3.63) is 84.4 Å². The van der Waals surface area contributed by atoms with Crippen molar-refractivity contribution in [1.29, 1.82) is 0 Å². The average molecular weight is 524 g/mol. The van der Waals surface area contributed by atoms with E-state index < -0.39 is 5.60 Å². The molecule has 1 aliphatic rings. The maximum Gasteiger partial charge on any atom is 0.229 e. The second-order valence-corrected chi connectivity index (χ2v) is 10.5. The van der Waals surface area contributed by atoms with Crippen LogP contribution in [0.25, 0.3) is 22.5 Å². The van der Waals surface area contributed by atoms with Gasteiger partial charge >= 0.3 is 0 Å². The molecule has 4 heterocycles. The summed E-state index contributed by atoms with van der Waals surface area (Å²) in [5.74, 6) is 1.34. The van der Waals surface area contributed by atoms with Gasteiger partial charge in [-0.15, -0.1) is 0 Å². The maximum absolute atomic E-state index is 10.4. The molecule has 0 spiro atoms. The number of para-hydroxylation sites is 2. The summed E-state index contributed by atoms with van der Waals surface area (Å²) in [6, 6.07) is 20.2. The second-order valence-electron chi connectivity index (χ2n) is 10.5. The van der Waals surface area contributed by atoms with E-state index in [1.807, 2.05) is 65.4 Å². The van der Waals surface area contributed by atoms with Crippen molar-refractivity contribution >= 4 is 22.9 Å². The summed E-state index contributed by atoms with van der Waals surface area (Å²) < 4.78 is 3.80. The zero-order valence-electron chi connectivity index (χ0n) is 22.2. The SMILES string of the molecule is CC(C)(O)c1ccn(-c2ccccc2CNc2nc(N3CCC(N)CC3)nc3c2ncn3-c2ccccc2)n1. The minimum Gasteiger partial charge on any atom is -0.384 e. The number of aliphatic hydroxyl groups is 1. The number of rotatable bonds is 7. The number of imidazole rings is 1. The van der Waals surface area contributed by atoms with Crippen molar-refractivity contribution in [3.8, 4) is 11.4 Å². The molecular weight excluding hydrogens is 490 g/mol. The summed E-state index contributed by atoms with van der Waals surface area (Å²) in [5, 5.41) is 18.5. The first-order valence-electron chi connectivity index (χ1n) is 13.3. The van der Waals surface area contributed by atoms with E-state index >= 15 is 0 Å². The number of nitrogens with zero attached hydrogens (tertiary/aromatic N) is 7. The number of benzene rings is 2. The Hall–Kier alpha value is -4.28. The lowest BCUT2D eigenvalue weighted by Gasteiger charge is -2.30. The van der Waals surface area contributed by atoms with E-state index in [0.29, 0.717) is 29.5 Å². The molecule has 0 unspecified atom stereocenters. The quantitative estimate of drug-likeness (QED) is 0.295. The van der Waals surface area contributed by atoms with Gasteiger partial charge in [-0.25, -0.2) is 9.67 Å². The highest BCUT2D eigenvalue weighted by Gasteiger charge is 2.23. The van der Waals surface area contributed by atoms with Crippen molar-refractivity contribution in [3.63, 3.8) is 0 Å². The molecule has 10 heteroatoms. The van der Waals surface area contributed by atoms with Gasteiger partial charge in [0, 0.05) is 37.6 Å². The summed E-state index contributed by atoms with van der Waals surface area (Å²) in [7, 11) is 0. The average Bonchev–Trinajstić information content (AvgIpc) is 3.61. The van der Waals surface area contributed by atoms with Crippen LogP contribution in [0.2, 0.25) is 0 Å². The van der Waals surface area contributed by atoms with Crippen LogP contribution in [0.4, 0.5) is 11.8 Å². The molecule has 5 aromatic rings. The van der Waals surface area contributed by atoms with E-state index in [1.54, 1.807) is 24.9 Å². The summed E-state index contributed by atoms with van der Waals surface area (Å²) in [4.78, 5) is 16.8. The lowest BCUT2D eigenvalue weighted by molar-refractivity contribution is 0.0734. The molecule has 39 heavy (non-hydrogen) atoms. The number of hydrogen-bond acceptors (Lipinski definition) is 8. The Morgan fingerprint density at radius 2 is 1.74 bits per heavy atom. The predicted molar refractivity (Wildman–Crippen MR) is 152 cm³/mol. The number of anilines is 2. The van der Waals surface area contributed by atoms with Crippen molar-refractivity contribution in [2.24, 2.45) is 5.73 Å². The van der Waals surface area contributed by atoms with Gasteiger partial charge in [-0.3, -0.25) is 4.57 Å². The van der Waals surface area contributed by atoms with E-state index in [2.05, 4.69) is 21.4 Å². The van der Waals surface area contributed by atoms with E-state index in [4.69, 9.17) is 20.7 Å². The first-order valence-corrected chi connectivity index (χ1v) is 13.3. The van der Waals surface area contributed by atoms with Crippen molar-refractivity contribution < 1.29 is 5.11 Å². The Morgan fingerprint density at radius 1 is 1.00 bits per heavy atom. The Morgan fingerprint density at radius 3 is 2.49 bits per heavy atom. The third-order valence-electron chi connectivity index (χ3n) is 7.14. The predicted octanol–water partition coefficient (Wildman–Crippen LogP) is 3.77. The Labute approximate surface area is 227 Å². The van der Waals surface area contributed by atoms with Crippen LogP contribution >= 0.6 is 0 Å². The zero-order chi connectivity index (χ0) is 27.0. The number of nitrogens with two attached hydrogens (primary N) is 1. The molecular formula is C29H33N9O. The van der Waals surface area contributed by atoms with Crippen molar-refractivity contribution in [2.75, 3.05) is 23.3 Å². The molecule has 200 valence electrons. The van der Waals surface area contributed by atoms with Gasteiger partial charge in [0.05, 0.1) is 11.4 Å². The van der Waals surface area contributed by atoms with Gasteiger partial charge in [0.1, 0.15) is 11.9 Å². The summed E-state index contributed by atoms with van der Waals surface area (Å²) >= 11 is 0. The third-order valence-corrected chi connectivity index (χ3v) is 7.14. The molecule has 0 aliphatic carbocycles. The summed E-state index contributed by atoms with van der Waals surface area (Å²) in [6.45, 7) is 5.60. The van der Waals surface area contributed by atoms with Gasteiger partial charge in [0.25, 0.3) is 0 Å². The number of nitrogens with one attached hydrogen (secondary N) is 1. The van der Waals surface area contributed by atoms with E-state index in [0.717, 1.165) is 48.5 Å². The second kappa shape index (κ2) is 10.1. The van der Waals surface area contributed by atoms with Crippen LogP contribution < -0.4 is 16.0 Å². The molecule has 6 rings (SSSR count). The Balaban J connectivity index is 1.36. The molecule has 0 saturated carbocycles. The number of fused-ring (bicyclic) bond motifs is 1. The van der Waals surface area contributed by atoms with Crippen LogP contribution in [0.15, 0.2) is 73.2 Å². The molecule has 1 aliphatic heterocycles. The standard InChI is InChI=1S/C29H33N9O/c1-29(2,39)24-14-17-38(35-24)23-11-7-6-8-20(23)18-31-26-25-27(37(19-32-25)22-9-4-3-5-10-22)34-28(33-26)36-15-12-21(30)13-16-36/h3-11,14,17,19,21,39H,12-13,15-16,18,30H2,1-2H3,(H,31,33,34). The van der Waals surface area contributed by atoms with Gasteiger partial charge in [0.2, 0.25) is 5.95 Å². The third kappa shape index (κ3) is 5.08. The largest absolute Gasteiger partial charge is 0.384 e. The first-order chi connectivity index (χ1) is 18.9. The first kappa shape index (κ1) is 25.0. The monoisotopic (exact) mass is 523 g/mol. The zero-order valence-corrected chi connectivity index (χ0v) is 22.2. The summed E-state index contributed by atoms with van der Waals surface area (Å²) in [5.41, 5.74) is 10.2. The van der Waals surface area contributed by atoms with Crippen LogP contribution in [-0.2, 0) is 12.1 Å². The van der Waals surface area contributed by atoms with Crippen molar-refractivity contribution in [1.82, 2.24) is 29.3 Å². The molecule has 1 fully saturated rings. The number of hydrogen-bond donors (Lipinski definition) is 3. The number of piperidine rings is 1. The van der Waals surface area contributed by atoms with Gasteiger partial charge in [-0.1, -0.05) is 36.4 Å². The highest BCUT2D eigenvalue weighted by atomic mass is 16.3. The molecule has 1 saturated heterocycles. The Bertz CT molecular complexity index is 1580. The van der Waals surface area contributed by atoms with Gasteiger partial charge in [-0.05, 0) is 56.5 Å². The Kier molecular flexibility index (Phi) is 6.49. The minimum atomic E-state index is -1.02. The molecule has 0 atom stereocenters. The van der Waals surface area contributed by atoms with Gasteiger partial charge < -0.3 is 21.1 Å². The maximum atomic E-state index is 10.4. The fraction of sp³-hybridized carbons (Fsp3) is 0.310. The van der Waals surface area contributed by atoms with E-state index in [9.17, 15) is 5.11 Å². The smallest absolute Gasteiger partial charge is 0.229 e. The molecule has 0 amide bonds. The molecule has 0 bridgehead atoms. The van der Waals surface area contributed by atoms with Gasteiger partial charge in [-0.2, -0.15) is 15.1 Å². The highest BCUT2D eigenvalue weighted by molar-refractivity contribution is 5.85. The van der Waals surface area contributed by atoms with Gasteiger partial charge in [0.15, 0.2) is 17.0 Å².